The summed E-state index contributed by atoms with van der Waals surface area (Å²) in [5, 5.41) is 10.3. The summed E-state index contributed by atoms with van der Waals surface area (Å²) in [4.78, 5) is 4.36. The minimum atomic E-state index is 0.882. The fraction of sp³-hybridized carbons (Fsp3) is 0.0429. The summed E-state index contributed by atoms with van der Waals surface area (Å²) in [6.45, 7) is 7.77. The molecular formula is C70H51N3S2. The molecular weight excluding hydrogens is 947 g/mol. The van der Waals surface area contributed by atoms with Crippen molar-refractivity contribution in [2.24, 2.45) is 0 Å². The van der Waals surface area contributed by atoms with Crippen molar-refractivity contribution in [3.05, 3.63) is 261 Å². The maximum Gasteiger partial charge on any atom is 0.0704 e. The van der Waals surface area contributed by atoms with Crippen molar-refractivity contribution >= 4 is 107 Å². The highest BCUT2D eigenvalue weighted by atomic mass is 32.1. The number of hydrogen-bond donors (Lipinski definition) is 0. The summed E-state index contributed by atoms with van der Waals surface area (Å²) < 4.78 is 10.2. The summed E-state index contributed by atoms with van der Waals surface area (Å²) in [7, 11) is 0. The molecule has 0 saturated heterocycles. The summed E-state index contributed by atoms with van der Waals surface area (Å²) >= 11 is 3.78. The van der Waals surface area contributed by atoms with Crippen LogP contribution in [0.1, 0.15) is 19.4 Å². The van der Waals surface area contributed by atoms with Gasteiger partial charge in [-0.1, -0.05) is 178 Å². The monoisotopic (exact) mass is 997 g/mol. The van der Waals surface area contributed by atoms with Gasteiger partial charge < -0.3 is 9.13 Å². The van der Waals surface area contributed by atoms with Gasteiger partial charge in [0.25, 0.3) is 0 Å². The number of thiophene rings is 2. The Morgan fingerprint density at radius 3 is 1.63 bits per heavy atom. The summed E-state index contributed by atoms with van der Waals surface area (Å²) in [5.41, 5.74) is 15.7. The van der Waals surface area contributed by atoms with Crippen molar-refractivity contribution in [3.63, 3.8) is 0 Å². The minimum Gasteiger partial charge on any atom is -0.308 e. The molecule has 3 nitrogen and oxygen atoms in total. The molecule has 0 saturated carbocycles. The van der Waals surface area contributed by atoms with Gasteiger partial charge in [0, 0.05) is 64.2 Å². The van der Waals surface area contributed by atoms with Crippen LogP contribution in [0.2, 0.25) is 0 Å². The van der Waals surface area contributed by atoms with Gasteiger partial charge in [-0.3, -0.25) is 4.98 Å². The topological polar surface area (TPSA) is 22.8 Å². The third-order valence-corrected chi connectivity index (χ3v) is 16.9. The molecule has 0 atom stereocenters. The Balaban J connectivity index is 0.000000273. The lowest BCUT2D eigenvalue weighted by molar-refractivity contribution is 1.20. The quantitative estimate of drug-likeness (QED) is 0.146. The Hall–Kier alpha value is -8.87. The van der Waals surface area contributed by atoms with Gasteiger partial charge in [-0.15, -0.1) is 29.3 Å². The highest BCUT2D eigenvalue weighted by molar-refractivity contribution is 7.26. The SMILES string of the molecule is C=CCc1ccccc1-c1ccccn1.CC.c1ccc(-c2cc(-n3c4ccccc4c4ccccc43)c3sc4ccc(-c5ccc6c(c5)c5ccccc5n6-c5cccc6c5sc5ccccc56)cc4c3c2)cc1. The molecule has 0 aliphatic heterocycles. The van der Waals surface area contributed by atoms with Gasteiger partial charge in [-0.2, -0.15) is 0 Å². The molecule has 0 aliphatic rings. The first-order chi connectivity index (χ1) is 37.2. The van der Waals surface area contributed by atoms with E-state index in [1.165, 1.54) is 129 Å². The van der Waals surface area contributed by atoms with E-state index in [0.29, 0.717) is 0 Å². The smallest absolute Gasteiger partial charge is 0.0704 e. The first-order valence-corrected chi connectivity index (χ1v) is 27.4. The van der Waals surface area contributed by atoms with Gasteiger partial charge in [0.15, 0.2) is 0 Å². The van der Waals surface area contributed by atoms with Gasteiger partial charge >= 0.3 is 0 Å². The third-order valence-electron chi connectivity index (χ3n) is 14.4. The van der Waals surface area contributed by atoms with Crippen LogP contribution in [0.25, 0.3) is 129 Å². The fourth-order valence-electron chi connectivity index (χ4n) is 11.1. The summed E-state index contributed by atoms with van der Waals surface area (Å²) in [6.07, 6.45) is 4.62. The zero-order valence-corrected chi connectivity index (χ0v) is 43.4. The van der Waals surface area contributed by atoms with E-state index < -0.39 is 0 Å². The second-order valence-electron chi connectivity index (χ2n) is 18.6. The van der Waals surface area contributed by atoms with Crippen LogP contribution in [-0.2, 0) is 6.42 Å². The lowest BCUT2D eigenvalue weighted by atomic mass is 9.98. The van der Waals surface area contributed by atoms with Crippen LogP contribution < -0.4 is 0 Å². The van der Waals surface area contributed by atoms with Gasteiger partial charge in [-0.25, -0.2) is 0 Å². The number of rotatable bonds is 7. The molecule has 358 valence electrons. The van der Waals surface area contributed by atoms with E-state index in [1.807, 2.05) is 79.1 Å². The zero-order valence-electron chi connectivity index (χ0n) is 41.7. The van der Waals surface area contributed by atoms with E-state index >= 15 is 0 Å². The van der Waals surface area contributed by atoms with E-state index in [0.717, 1.165) is 12.1 Å². The van der Waals surface area contributed by atoms with Crippen molar-refractivity contribution < 1.29 is 0 Å². The van der Waals surface area contributed by atoms with Crippen molar-refractivity contribution in [1.29, 1.82) is 0 Å². The lowest BCUT2D eigenvalue weighted by Crippen LogP contribution is -1.95. The lowest BCUT2D eigenvalue weighted by Gasteiger charge is -2.12. The molecule has 10 aromatic carbocycles. The number of pyridine rings is 1. The van der Waals surface area contributed by atoms with Crippen molar-refractivity contribution in [2.75, 3.05) is 0 Å². The number of nitrogens with zero attached hydrogens (tertiary/aromatic N) is 3. The molecule has 0 N–H and O–H groups in total. The maximum absolute atomic E-state index is 4.36. The average molecular weight is 998 g/mol. The second-order valence-corrected chi connectivity index (χ2v) is 20.7. The Labute approximate surface area is 444 Å². The number of hydrogen-bond acceptors (Lipinski definition) is 3. The van der Waals surface area contributed by atoms with Gasteiger partial charge in [0.1, 0.15) is 0 Å². The predicted molar refractivity (Wildman–Crippen MR) is 327 cm³/mol. The standard InChI is InChI=1S/C54H32N2S2.C14H13N.C2H6/c1-2-13-33(14-3-1)36-31-44-43-30-35(26-28-52(43)58-54(44)50(32-36)56-45-20-8-4-15-37(45)38-16-5-9-21-46(38)56)34-25-27-48-42(29-34)39-17-6-10-22-47(39)55(48)49-23-12-19-41-40-18-7-11-24-51(40)57-53(41)49;1-2-7-12-8-3-4-9-13(12)14-10-5-6-11-15-14;1-2/h1-32H;2-6,8-11H,1,7H2;1-2H3. The van der Waals surface area contributed by atoms with Crippen molar-refractivity contribution in [2.45, 2.75) is 20.3 Å². The van der Waals surface area contributed by atoms with Crippen LogP contribution in [0.5, 0.6) is 0 Å². The molecule has 0 bridgehead atoms. The number of benzene rings is 10. The van der Waals surface area contributed by atoms with E-state index in [2.05, 4.69) is 227 Å². The molecule has 5 aromatic heterocycles. The van der Waals surface area contributed by atoms with E-state index in [9.17, 15) is 0 Å². The first-order valence-electron chi connectivity index (χ1n) is 25.8. The Kier molecular flexibility index (Phi) is 12.0. The van der Waals surface area contributed by atoms with Crippen LogP contribution in [0.15, 0.2) is 255 Å². The van der Waals surface area contributed by atoms with Crippen LogP contribution >= 0.6 is 22.7 Å². The van der Waals surface area contributed by atoms with Gasteiger partial charge in [0.05, 0.1) is 48.5 Å². The number of aromatic nitrogens is 3. The summed E-state index contributed by atoms with van der Waals surface area (Å²) in [5.74, 6) is 0. The van der Waals surface area contributed by atoms with Crippen molar-refractivity contribution in [1.82, 2.24) is 14.1 Å². The summed E-state index contributed by atoms with van der Waals surface area (Å²) in [6, 6.07) is 86.1. The number of fused-ring (bicyclic) bond motifs is 12. The first kappa shape index (κ1) is 46.0. The Morgan fingerprint density at radius 2 is 0.920 bits per heavy atom. The molecule has 5 heterocycles. The average Bonchev–Trinajstić information content (AvgIpc) is 4.30. The Bertz CT molecular complexity index is 4560. The predicted octanol–water partition coefficient (Wildman–Crippen LogP) is 20.5. The molecule has 0 aliphatic carbocycles. The highest BCUT2D eigenvalue weighted by Crippen LogP contribution is 2.46. The minimum absolute atomic E-state index is 0.882. The van der Waals surface area contributed by atoms with Gasteiger partial charge in [-0.05, 0) is 113 Å². The molecule has 15 aromatic rings. The maximum atomic E-state index is 4.36. The highest BCUT2D eigenvalue weighted by Gasteiger charge is 2.21. The fourth-order valence-corrected chi connectivity index (χ4v) is 13.5. The molecule has 0 spiro atoms. The van der Waals surface area contributed by atoms with Crippen molar-refractivity contribution in [3.8, 4) is 44.9 Å². The van der Waals surface area contributed by atoms with E-state index in [4.69, 9.17) is 0 Å². The molecule has 15 rings (SSSR count). The van der Waals surface area contributed by atoms with Crippen LogP contribution in [0, 0.1) is 0 Å². The van der Waals surface area contributed by atoms with Crippen LogP contribution in [-0.4, -0.2) is 14.1 Å². The Morgan fingerprint density at radius 1 is 0.387 bits per heavy atom. The molecule has 75 heavy (non-hydrogen) atoms. The van der Waals surface area contributed by atoms with Crippen LogP contribution in [0.4, 0.5) is 0 Å². The zero-order chi connectivity index (χ0) is 50.4. The molecule has 5 heteroatoms. The second kappa shape index (κ2) is 19.5. The molecule has 0 amide bonds. The van der Waals surface area contributed by atoms with E-state index in [-0.39, 0.29) is 0 Å². The normalized spacial score (nSPS) is 11.4. The van der Waals surface area contributed by atoms with Crippen LogP contribution in [0.3, 0.4) is 0 Å². The van der Waals surface area contributed by atoms with E-state index in [1.54, 1.807) is 0 Å². The molecule has 0 unspecified atom stereocenters. The number of para-hydroxylation sites is 3. The van der Waals surface area contributed by atoms with Gasteiger partial charge in [0.2, 0.25) is 0 Å². The molecule has 0 fully saturated rings. The number of allylic oxidation sites excluding steroid dienone is 1. The molecule has 0 radical (unpaired) electrons. The third kappa shape index (κ3) is 7.91. The largest absolute Gasteiger partial charge is 0.308 e.